The number of aromatic nitrogens is 1. The zero-order valence-corrected chi connectivity index (χ0v) is 19.9. The fourth-order valence-corrected chi connectivity index (χ4v) is 5.63. The Bertz CT molecular complexity index is 1520. The SMILES string of the molecule is Cc1ccc(C)c(CS(=O)(=O)c2cn(CC(=O)Nc3cccc(C(F)(F)F)c3)c3ccccc23)c1. The van der Waals surface area contributed by atoms with E-state index in [1.807, 2.05) is 32.0 Å². The third-order valence-electron chi connectivity index (χ3n) is 5.72. The highest BCUT2D eigenvalue weighted by molar-refractivity contribution is 7.90. The van der Waals surface area contributed by atoms with Crippen LogP contribution in [0.25, 0.3) is 10.9 Å². The largest absolute Gasteiger partial charge is 0.416 e. The van der Waals surface area contributed by atoms with Crippen LogP contribution in [0.1, 0.15) is 22.3 Å². The second-order valence-corrected chi connectivity index (χ2v) is 10.4. The maximum atomic E-state index is 13.4. The van der Waals surface area contributed by atoms with E-state index in [0.29, 0.717) is 16.5 Å². The maximum absolute atomic E-state index is 13.4. The van der Waals surface area contributed by atoms with E-state index in [2.05, 4.69) is 5.32 Å². The van der Waals surface area contributed by atoms with Gasteiger partial charge in [-0.25, -0.2) is 8.42 Å². The molecule has 182 valence electrons. The number of fused-ring (bicyclic) bond motifs is 1. The van der Waals surface area contributed by atoms with Gasteiger partial charge in [-0.1, -0.05) is 48.0 Å². The number of carbonyl (C=O) groups is 1. The van der Waals surface area contributed by atoms with Gasteiger partial charge in [-0.2, -0.15) is 13.2 Å². The molecule has 0 saturated carbocycles. The highest BCUT2D eigenvalue weighted by Gasteiger charge is 2.30. The minimum Gasteiger partial charge on any atom is -0.337 e. The number of benzene rings is 3. The molecule has 4 aromatic rings. The summed E-state index contributed by atoms with van der Waals surface area (Å²) in [6.45, 7) is 3.48. The van der Waals surface area contributed by atoms with Gasteiger partial charge in [0.1, 0.15) is 6.54 Å². The lowest BCUT2D eigenvalue weighted by Crippen LogP contribution is -2.18. The van der Waals surface area contributed by atoms with Crippen LogP contribution in [0.4, 0.5) is 18.9 Å². The molecule has 0 saturated heterocycles. The van der Waals surface area contributed by atoms with Gasteiger partial charge in [0, 0.05) is 22.8 Å². The van der Waals surface area contributed by atoms with E-state index in [0.717, 1.165) is 23.3 Å². The summed E-state index contributed by atoms with van der Waals surface area (Å²) in [5.41, 5.74) is 2.18. The lowest BCUT2D eigenvalue weighted by Gasteiger charge is -2.10. The average Bonchev–Trinajstić information content (AvgIpc) is 3.15. The summed E-state index contributed by atoms with van der Waals surface area (Å²) in [6, 6.07) is 16.8. The van der Waals surface area contributed by atoms with E-state index in [1.54, 1.807) is 24.3 Å². The van der Waals surface area contributed by atoms with Crippen molar-refractivity contribution in [2.75, 3.05) is 5.32 Å². The molecule has 35 heavy (non-hydrogen) atoms. The Morgan fingerprint density at radius 1 is 0.971 bits per heavy atom. The first-order chi connectivity index (χ1) is 16.4. The number of hydrogen-bond donors (Lipinski definition) is 1. The van der Waals surface area contributed by atoms with E-state index >= 15 is 0 Å². The molecule has 0 aliphatic rings. The van der Waals surface area contributed by atoms with Crippen molar-refractivity contribution < 1.29 is 26.4 Å². The quantitative estimate of drug-likeness (QED) is 0.359. The van der Waals surface area contributed by atoms with Gasteiger partial charge in [-0.15, -0.1) is 0 Å². The number of aryl methyl sites for hydroxylation is 2. The van der Waals surface area contributed by atoms with Crippen LogP contribution in [-0.2, 0) is 33.1 Å². The van der Waals surface area contributed by atoms with Crippen molar-refractivity contribution in [3.8, 4) is 0 Å². The smallest absolute Gasteiger partial charge is 0.337 e. The molecule has 0 radical (unpaired) electrons. The normalized spacial score (nSPS) is 12.1. The molecule has 1 N–H and O–H groups in total. The fraction of sp³-hybridized carbons (Fsp3) is 0.192. The second kappa shape index (κ2) is 9.22. The number of nitrogens with zero attached hydrogens (tertiary/aromatic N) is 1. The van der Waals surface area contributed by atoms with Gasteiger partial charge < -0.3 is 9.88 Å². The minimum atomic E-state index is -4.53. The van der Waals surface area contributed by atoms with Crippen molar-refractivity contribution in [2.45, 2.75) is 37.2 Å². The van der Waals surface area contributed by atoms with Crippen LogP contribution in [-0.4, -0.2) is 18.9 Å². The molecule has 0 fully saturated rings. The number of hydrogen-bond acceptors (Lipinski definition) is 3. The van der Waals surface area contributed by atoms with E-state index in [4.69, 9.17) is 0 Å². The van der Waals surface area contributed by atoms with Gasteiger partial charge >= 0.3 is 6.18 Å². The Hall–Kier alpha value is -3.59. The summed E-state index contributed by atoms with van der Waals surface area (Å²) < 4.78 is 67.2. The van der Waals surface area contributed by atoms with Gasteiger partial charge in [0.15, 0.2) is 9.84 Å². The summed E-state index contributed by atoms with van der Waals surface area (Å²) >= 11 is 0. The van der Waals surface area contributed by atoms with Crippen LogP contribution < -0.4 is 5.32 Å². The molecule has 0 spiro atoms. The summed E-state index contributed by atoms with van der Waals surface area (Å²) in [7, 11) is -3.75. The van der Waals surface area contributed by atoms with E-state index in [9.17, 15) is 26.4 Å². The van der Waals surface area contributed by atoms with E-state index < -0.39 is 27.5 Å². The van der Waals surface area contributed by atoms with Crippen LogP contribution in [0.2, 0.25) is 0 Å². The van der Waals surface area contributed by atoms with Crippen molar-refractivity contribution in [3.05, 3.63) is 95.2 Å². The van der Waals surface area contributed by atoms with Crippen molar-refractivity contribution in [1.82, 2.24) is 4.57 Å². The van der Waals surface area contributed by atoms with Crippen LogP contribution >= 0.6 is 0 Å². The predicted molar refractivity (Wildman–Crippen MR) is 129 cm³/mol. The summed E-state index contributed by atoms with van der Waals surface area (Å²) in [6.07, 6.45) is -3.12. The third kappa shape index (κ3) is 5.40. The molecule has 1 aromatic heterocycles. The molecule has 0 aliphatic carbocycles. The standard InChI is InChI=1S/C26H23F3N2O3S/c1-17-10-11-18(2)19(12-17)16-35(33,34)24-14-31(23-9-4-3-8-22(23)24)15-25(32)30-21-7-5-6-20(13-21)26(27,28)29/h3-14H,15-16H2,1-2H3,(H,30,32). The zero-order valence-electron chi connectivity index (χ0n) is 19.1. The molecule has 0 bridgehead atoms. The maximum Gasteiger partial charge on any atom is 0.416 e. The van der Waals surface area contributed by atoms with Crippen molar-refractivity contribution >= 4 is 32.3 Å². The fourth-order valence-electron chi connectivity index (χ4n) is 3.96. The van der Waals surface area contributed by atoms with Gasteiger partial charge in [0.05, 0.1) is 16.2 Å². The Balaban J connectivity index is 1.63. The summed E-state index contributed by atoms with van der Waals surface area (Å²) in [5.74, 6) is -0.770. The first kappa shape index (κ1) is 24.5. The molecule has 9 heteroatoms. The molecule has 0 aliphatic heterocycles. The lowest BCUT2D eigenvalue weighted by atomic mass is 10.1. The Kier molecular flexibility index (Phi) is 6.46. The van der Waals surface area contributed by atoms with Crippen LogP contribution in [0.5, 0.6) is 0 Å². The number of carbonyl (C=O) groups excluding carboxylic acids is 1. The van der Waals surface area contributed by atoms with Crippen LogP contribution in [0.3, 0.4) is 0 Å². The zero-order chi connectivity index (χ0) is 25.4. The highest BCUT2D eigenvalue weighted by atomic mass is 32.2. The number of halogens is 3. The van der Waals surface area contributed by atoms with E-state index in [1.165, 1.54) is 22.9 Å². The van der Waals surface area contributed by atoms with Gasteiger partial charge in [0.2, 0.25) is 5.91 Å². The first-order valence-corrected chi connectivity index (χ1v) is 12.4. The molecule has 1 heterocycles. The number of alkyl halides is 3. The Morgan fingerprint density at radius 3 is 2.46 bits per heavy atom. The first-order valence-electron chi connectivity index (χ1n) is 10.8. The van der Waals surface area contributed by atoms with Crippen molar-refractivity contribution in [1.29, 1.82) is 0 Å². The van der Waals surface area contributed by atoms with Gasteiger partial charge in [-0.3, -0.25) is 4.79 Å². The van der Waals surface area contributed by atoms with Crippen LogP contribution in [0, 0.1) is 13.8 Å². The monoisotopic (exact) mass is 500 g/mol. The second-order valence-electron chi connectivity index (χ2n) is 8.45. The van der Waals surface area contributed by atoms with Gasteiger partial charge in [0.25, 0.3) is 0 Å². The minimum absolute atomic E-state index is 0.00375. The number of para-hydroxylation sites is 1. The summed E-state index contributed by atoms with van der Waals surface area (Å²) in [5, 5.41) is 2.94. The highest BCUT2D eigenvalue weighted by Crippen LogP contribution is 2.31. The molecule has 1 amide bonds. The topological polar surface area (TPSA) is 68.2 Å². The van der Waals surface area contributed by atoms with Crippen LogP contribution in [0.15, 0.2) is 77.8 Å². The molecule has 0 atom stereocenters. The molecule has 0 unspecified atom stereocenters. The molecule has 5 nitrogen and oxygen atoms in total. The molecular weight excluding hydrogens is 477 g/mol. The molecule has 3 aromatic carbocycles. The molecular formula is C26H23F3N2O3S. The Labute approximate surface area is 201 Å². The Morgan fingerprint density at radius 2 is 1.71 bits per heavy atom. The third-order valence-corrected chi connectivity index (χ3v) is 7.41. The number of anilines is 1. The molecule has 4 rings (SSSR count). The van der Waals surface area contributed by atoms with Crippen molar-refractivity contribution in [2.24, 2.45) is 0 Å². The van der Waals surface area contributed by atoms with E-state index in [-0.39, 0.29) is 22.9 Å². The lowest BCUT2D eigenvalue weighted by molar-refractivity contribution is -0.137. The number of sulfone groups is 1. The van der Waals surface area contributed by atoms with Gasteiger partial charge in [-0.05, 0) is 49.2 Å². The number of nitrogens with one attached hydrogen (secondary N) is 1. The average molecular weight is 501 g/mol. The number of amides is 1. The summed E-state index contributed by atoms with van der Waals surface area (Å²) in [4.78, 5) is 12.8. The predicted octanol–water partition coefficient (Wildman–Crippen LogP) is 5.89. The number of rotatable bonds is 6. The van der Waals surface area contributed by atoms with Crippen molar-refractivity contribution in [3.63, 3.8) is 0 Å².